The van der Waals surface area contributed by atoms with Crippen LogP contribution in [0.4, 0.5) is 4.39 Å². The zero-order chi connectivity index (χ0) is 32.9. The van der Waals surface area contributed by atoms with Crippen LogP contribution in [0, 0.1) is 5.82 Å². The highest BCUT2D eigenvalue weighted by Gasteiger charge is 2.26. The highest BCUT2D eigenvalue weighted by Crippen LogP contribution is 2.41. The lowest BCUT2D eigenvalue weighted by Crippen LogP contribution is -2.29. The number of benzene rings is 1. The molecule has 0 fully saturated rings. The molecule has 1 aromatic carbocycles. The molecule has 3 aromatic rings. The normalized spacial score (nSPS) is 14.5. The molecular formula is C33H38FN3O7S. The van der Waals surface area contributed by atoms with Crippen LogP contribution in [0.25, 0.3) is 28.5 Å². The molecule has 0 saturated heterocycles. The van der Waals surface area contributed by atoms with Crippen LogP contribution in [-0.4, -0.2) is 76.3 Å². The number of carboxylic acid groups (broad SMARTS) is 1. The first-order chi connectivity index (χ1) is 21.2. The number of nitrogens with one attached hydrogen (secondary N) is 1. The van der Waals surface area contributed by atoms with Gasteiger partial charge >= 0.3 is 5.97 Å². The molecule has 2 atom stereocenters. The fourth-order valence-corrected chi connectivity index (χ4v) is 5.91. The number of hydrogen-bond donors (Lipinski definition) is 4. The Balaban J connectivity index is 1.82. The Morgan fingerprint density at radius 3 is 2.42 bits per heavy atom. The third-order valence-electron chi connectivity index (χ3n) is 7.51. The first-order valence-corrected chi connectivity index (χ1v) is 16.8. The summed E-state index contributed by atoms with van der Waals surface area (Å²) in [5.41, 5.74) is 6.19. The minimum Gasteiger partial charge on any atom is -0.481 e. The molecule has 2 heterocycles. The molecule has 0 unspecified atom stereocenters. The summed E-state index contributed by atoms with van der Waals surface area (Å²) in [5.74, 6) is -2.28. The second kappa shape index (κ2) is 14.4. The predicted octanol–water partition coefficient (Wildman–Crippen LogP) is 3.94. The number of pyridine rings is 2. The number of aliphatic hydroxyl groups is 2. The van der Waals surface area contributed by atoms with Crippen LogP contribution in [0.15, 0.2) is 42.5 Å². The molecule has 1 aliphatic rings. The van der Waals surface area contributed by atoms with E-state index in [9.17, 15) is 32.6 Å². The Labute approximate surface area is 262 Å². The Hall–Kier alpha value is -4.00. The maximum absolute atomic E-state index is 14.0. The number of aromatic nitrogens is 2. The van der Waals surface area contributed by atoms with E-state index in [1.54, 1.807) is 30.3 Å². The topological polar surface area (TPSA) is 167 Å². The first-order valence-electron chi connectivity index (χ1n) is 14.8. The molecular weight excluding hydrogens is 601 g/mol. The van der Waals surface area contributed by atoms with Crippen molar-refractivity contribution in [1.29, 1.82) is 0 Å². The van der Waals surface area contributed by atoms with Crippen LogP contribution in [-0.2, 0) is 27.5 Å². The number of aryl methyl sites for hydroxylation is 1. The molecule has 0 radical (unpaired) electrons. The molecule has 0 spiro atoms. The first kappa shape index (κ1) is 33.9. The Bertz CT molecular complexity index is 1710. The molecule has 45 heavy (non-hydrogen) atoms. The number of halogens is 1. The van der Waals surface area contributed by atoms with Gasteiger partial charge in [-0.3, -0.25) is 14.6 Å². The fraction of sp³-hybridized carbons (Fsp3) is 0.394. The van der Waals surface area contributed by atoms with Gasteiger partial charge in [0.15, 0.2) is 0 Å². The highest BCUT2D eigenvalue weighted by molar-refractivity contribution is 7.90. The van der Waals surface area contributed by atoms with Crippen molar-refractivity contribution in [2.24, 2.45) is 0 Å². The van der Waals surface area contributed by atoms with Gasteiger partial charge in [0.1, 0.15) is 21.3 Å². The van der Waals surface area contributed by atoms with Gasteiger partial charge in [-0.15, -0.1) is 0 Å². The Morgan fingerprint density at radius 1 is 1.07 bits per heavy atom. The van der Waals surface area contributed by atoms with Gasteiger partial charge in [0.05, 0.1) is 41.5 Å². The summed E-state index contributed by atoms with van der Waals surface area (Å²) in [4.78, 5) is 33.5. The fourth-order valence-electron chi connectivity index (χ4n) is 5.44. The molecule has 0 bridgehead atoms. The third kappa shape index (κ3) is 8.80. The van der Waals surface area contributed by atoms with Crippen LogP contribution in [0.1, 0.15) is 72.0 Å². The highest BCUT2D eigenvalue weighted by atomic mass is 32.2. The Morgan fingerprint density at radius 2 is 1.78 bits per heavy atom. The van der Waals surface area contributed by atoms with E-state index in [4.69, 9.17) is 10.1 Å². The summed E-state index contributed by atoms with van der Waals surface area (Å²) in [6, 6.07) is 9.52. The monoisotopic (exact) mass is 639 g/mol. The smallest absolute Gasteiger partial charge is 0.305 e. The van der Waals surface area contributed by atoms with Gasteiger partial charge in [-0.2, -0.15) is 0 Å². The average molecular weight is 640 g/mol. The van der Waals surface area contributed by atoms with E-state index in [0.29, 0.717) is 36.3 Å². The molecule has 2 aromatic heterocycles. The molecule has 0 aliphatic heterocycles. The molecule has 12 heteroatoms. The number of carbonyl (C=O) groups excluding carboxylic acids is 1. The lowest BCUT2D eigenvalue weighted by atomic mass is 9.86. The standard InChI is InChI=1S/C33H38FN3O7S/c1-19(2)31-26(12-11-22(38)17-23(39)18-29(40)41)30(20-7-9-21(34)10-8-20)25-5-4-6-27-24(32(25)37-31)13-14-28(36-27)33(42)35-15-16-45(3,43)44/h7-14,19,22-23,38-39H,4-6,15-18H2,1-3H3,(H,35,42)(H,40,41)/t22-,23-/m1/s1. The number of hydrogen-bond acceptors (Lipinski definition) is 8. The zero-order valence-corrected chi connectivity index (χ0v) is 26.3. The molecule has 4 rings (SSSR count). The van der Waals surface area contributed by atoms with Gasteiger partial charge in [0, 0.05) is 30.3 Å². The van der Waals surface area contributed by atoms with Gasteiger partial charge in [-0.05, 0) is 66.1 Å². The predicted molar refractivity (Wildman–Crippen MR) is 169 cm³/mol. The van der Waals surface area contributed by atoms with Crippen molar-refractivity contribution >= 4 is 27.8 Å². The number of aliphatic hydroxyl groups excluding tert-OH is 2. The van der Waals surface area contributed by atoms with Crippen molar-refractivity contribution in [3.8, 4) is 22.4 Å². The molecule has 4 N–H and O–H groups in total. The summed E-state index contributed by atoms with van der Waals surface area (Å²) in [6.45, 7) is 3.93. The second-order valence-corrected chi connectivity index (χ2v) is 13.9. The van der Waals surface area contributed by atoms with Crippen molar-refractivity contribution in [1.82, 2.24) is 15.3 Å². The molecule has 1 amide bonds. The van der Waals surface area contributed by atoms with Gasteiger partial charge in [-0.1, -0.05) is 38.1 Å². The number of carbonyl (C=O) groups is 2. The van der Waals surface area contributed by atoms with Gasteiger partial charge in [0.2, 0.25) is 0 Å². The van der Waals surface area contributed by atoms with Crippen molar-refractivity contribution in [3.63, 3.8) is 0 Å². The maximum Gasteiger partial charge on any atom is 0.305 e. The van der Waals surface area contributed by atoms with Gasteiger partial charge in [0.25, 0.3) is 5.91 Å². The van der Waals surface area contributed by atoms with E-state index in [1.807, 2.05) is 13.8 Å². The Kier molecular flexibility index (Phi) is 10.8. The minimum atomic E-state index is -3.23. The van der Waals surface area contributed by atoms with E-state index >= 15 is 0 Å². The quantitative estimate of drug-likeness (QED) is 0.230. The van der Waals surface area contributed by atoms with Crippen LogP contribution in [0.3, 0.4) is 0 Å². The molecule has 0 saturated carbocycles. The molecule has 1 aliphatic carbocycles. The van der Waals surface area contributed by atoms with E-state index in [2.05, 4.69) is 10.3 Å². The minimum absolute atomic E-state index is 0.0247. The second-order valence-electron chi connectivity index (χ2n) is 11.6. The van der Waals surface area contributed by atoms with Crippen molar-refractivity contribution in [2.75, 3.05) is 18.6 Å². The van der Waals surface area contributed by atoms with E-state index in [1.165, 1.54) is 18.2 Å². The van der Waals surface area contributed by atoms with Gasteiger partial charge in [-0.25, -0.2) is 17.8 Å². The maximum atomic E-state index is 14.0. The number of fused-ring (bicyclic) bond motifs is 3. The van der Waals surface area contributed by atoms with Crippen LogP contribution >= 0.6 is 0 Å². The zero-order valence-electron chi connectivity index (χ0n) is 25.5. The number of amides is 1. The largest absolute Gasteiger partial charge is 0.481 e. The summed E-state index contributed by atoms with van der Waals surface area (Å²) in [5, 5.41) is 32.2. The summed E-state index contributed by atoms with van der Waals surface area (Å²) in [7, 11) is -3.23. The SMILES string of the molecule is CC(C)c1nc2c(c(-c3ccc(F)cc3)c1C=C[C@@H](O)C[C@@H](O)CC(=O)O)CCCc1nc(C(=O)NCCS(C)(=O)=O)ccc1-2. The van der Waals surface area contributed by atoms with Crippen molar-refractivity contribution in [3.05, 3.63) is 76.5 Å². The van der Waals surface area contributed by atoms with Crippen molar-refractivity contribution in [2.45, 2.75) is 64.1 Å². The van der Waals surface area contributed by atoms with E-state index < -0.39 is 40.3 Å². The number of aliphatic carboxylic acids is 1. The number of rotatable bonds is 12. The van der Waals surface area contributed by atoms with Crippen LogP contribution in [0.5, 0.6) is 0 Å². The molecule has 10 nitrogen and oxygen atoms in total. The van der Waals surface area contributed by atoms with Crippen LogP contribution < -0.4 is 5.32 Å². The summed E-state index contributed by atoms with van der Waals surface area (Å²) >= 11 is 0. The third-order valence-corrected chi connectivity index (χ3v) is 8.46. The summed E-state index contributed by atoms with van der Waals surface area (Å²) < 4.78 is 36.9. The van der Waals surface area contributed by atoms with E-state index in [0.717, 1.165) is 34.1 Å². The summed E-state index contributed by atoms with van der Waals surface area (Å²) in [6.07, 6.45) is 3.19. The van der Waals surface area contributed by atoms with Crippen LogP contribution in [0.2, 0.25) is 0 Å². The number of nitrogens with zero attached hydrogens (tertiary/aromatic N) is 2. The lowest BCUT2D eigenvalue weighted by molar-refractivity contribution is -0.139. The molecule has 240 valence electrons. The number of carboxylic acids is 1. The van der Waals surface area contributed by atoms with Gasteiger partial charge < -0.3 is 20.6 Å². The lowest BCUT2D eigenvalue weighted by Gasteiger charge is -2.22. The van der Waals surface area contributed by atoms with E-state index in [-0.39, 0.29) is 36.1 Å². The van der Waals surface area contributed by atoms with Crippen molar-refractivity contribution < 1.29 is 37.7 Å². The number of sulfone groups is 1. The average Bonchev–Trinajstić information content (AvgIpc) is 3.13.